The highest BCUT2D eigenvalue weighted by Gasteiger charge is 2.24. The van der Waals surface area contributed by atoms with Gasteiger partial charge in [-0.25, -0.2) is 0 Å². The van der Waals surface area contributed by atoms with Crippen molar-refractivity contribution < 1.29 is 9.59 Å². The van der Waals surface area contributed by atoms with Crippen LogP contribution < -0.4 is 10.6 Å². The van der Waals surface area contributed by atoms with E-state index >= 15 is 0 Å². The largest absolute Gasteiger partial charge is 0.352 e. The van der Waals surface area contributed by atoms with E-state index < -0.39 is 0 Å². The Morgan fingerprint density at radius 2 is 2.07 bits per heavy atom. The van der Waals surface area contributed by atoms with Crippen LogP contribution in [-0.4, -0.2) is 49.9 Å². The van der Waals surface area contributed by atoms with Crippen LogP contribution in [-0.2, 0) is 9.59 Å². The summed E-state index contributed by atoms with van der Waals surface area (Å²) >= 11 is 0. The molecule has 1 saturated carbocycles. The van der Waals surface area contributed by atoms with Crippen LogP contribution in [0.15, 0.2) is 0 Å². The van der Waals surface area contributed by atoms with Crippen LogP contribution in [0.1, 0.15) is 12.8 Å². The van der Waals surface area contributed by atoms with E-state index in [9.17, 15) is 9.59 Å². The van der Waals surface area contributed by atoms with Crippen LogP contribution in [0, 0.1) is 0 Å². The second-order valence-electron chi connectivity index (χ2n) is 3.62. The topological polar surface area (TPSA) is 61.4 Å². The fraction of sp³-hybridized carbons (Fsp3) is 0.778. The zero-order valence-corrected chi connectivity index (χ0v) is 8.67. The normalized spacial score (nSPS) is 15.0. The number of amides is 2. The molecular formula is C9H17N3O2. The lowest BCUT2D eigenvalue weighted by Crippen LogP contribution is -2.41. The monoisotopic (exact) mass is 199 g/mol. The van der Waals surface area contributed by atoms with Gasteiger partial charge in [0.2, 0.25) is 11.8 Å². The fourth-order valence-electron chi connectivity index (χ4n) is 1.09. The van der Waals surface area contributed by atoms with E-state index in [2.05, 4.69) is 10.6 Å². The van der Waals surface area contributed by atoms with Gasteiger partial charge < -0.3 is 15.5 Å². The van der Waals surface area contributed by atoms with E-state index in [4.69, 9.17) is 0 Å². The Kier molecular flexibility index (Phi) is 3.88. The number of carbonyl (C=O) groups is 2. The van der Waals surface area contributed by atoms with Gasteiger partial charge in [-0.15, -0.1) is 0 Å². The minimum atomic E-state index is -0.0709. The Morgan fingerprint density at radius 3 is 2.57 bits per heavy atom. The van der Waals surface area contributed by atoms with Crippen molar-refractivity contribution in [2.45, 2.75) is 18.9 Å². The van der Waals surface area contributed by atoms with E-state index in [0.29, 0.717) is 6.04 Å². The highest BCUT2D eigenvalue weighted by Crippen LogP contribution is 2.18. The van der Waals surface area contributed by atoms with Crippen molar-refractivity contribution in [1.82, 2.24) is 15.5 Å². The van der Waals surface area contributed by atoms with Crippen molar-refractivity contribution in [3.05, 3.63) is 0 Å². The summed E-state index contributed by atoms with van der Waals surface area (Å²) < 4.78 is 0. The number of rotatable bonds is 5. The zero-order chi connectivity index (χ0) is 10.6. The fourth-order valence-corrected chi connectivity index (χ4v) is 1.09. The minimum absolute atomic E-state index is 0.0700. The number of nitrogens with zero attached hydrogens (tertiary/aromatic N) is 1. The van der Waals surface area contributed by atoms with Crippen molar-refractivity contribution in [3.8, 4) is 0 Å². The lowest BCUT2D eigenvalue weighted by atomic mass is 10.4. The molecule has 5 nitrogen and oxygen atoms in total. The molecule has 1 aliphatic rings. The third-order valence-electron chi connectivity index (χ3n) is 2.08. The third kappa shape index (κ3) is 3.74. The molecule has 1 aliphatic carbocycles. The van der Waals surface area contributed by atoms with Gasteiger partial charge in [0, 0.05) is 13.1 Å². The van der Waals surface area contributed by atoms with Crippen molar-refractivity contribution in [1.29, 1.82) is 0 Å². The molecule has 14 heavy (non-hydrogen) atoms. The Morgan fingerprint density at radius 1 is 1.43 bits per heavy atom. The summed E-state index contributed by atoms with van der Waals surface area (Å²) in [5, 5.41) is 5.58. The van der Waals surface area contributed by atoms with Gasteiger partial charge in [0.15, 0.2) is 0 Å². The highest BCUT2D eigenvalue weighted by molar-refractivity contribution is 5.85. The Balaban J connectivity index is 2.20. The van der Waals surface area contributed by atoms with E-state index in [0.717, 1.165) is 12.8 Å². The predicted molar refractivity (Wildman–Crippen MR) is 52.7 cm³/mol. The number of nitrogens with one attached hydrogen (secondary N) is 2. The molecule has 0 radical (unpaired) electrons. The molecule has 1 fully saturated rings. The SMILES string of the molecule is CNCC(=O)N(C)CC(=O)NC1CC1. The molecule has 0 spiro atoms. The smallest absolute Gasteiger partial charge is 0.239 e. The standard InChI is InChI=1S/C9H17N3O2/c1-10-5-9(14)12(2)6-8(13)11-7-3-4-7/h7,10H,3-6H2,1-2H3,(H,11,13). The summed E-state index contributed by atoms with van der Waals surface area (Å²) in [6.45, 7) is 0.421. The van der Waals surface area contributed by atoms with Gasteiger partial charge in [0.05, 0.1) is 13.1 Å². The zero-order valence-electron chi connectivity index (χ0n) is 8.67. The molecule has 0 aromatic rings. The van der Waals surface area contributed by atoms with Crippen molar-refractivity contribution in [3.63, 3.8) is 0 Å². The van der Waals surface area contributed by atoms with E-state index in [1.165, 1.54) is 4.90 Å². The van der Waals surface area contributed by atoms with Gasteiger partial charge in [-0.1, -0.05) is 0 Å². The lowest BCUT2D eigenvalue weighted by Gasteiger charge is -2.16. The van der Waals surface area contributed by atoms with Gasteiger partial charge in [0.1, 0.15) is 0 Å². The molecule has 0 unspecified atom stereocenters. The molecule has 1 rings (SSSR count). The molecule has 0 aromatic heterocycles. The second-order valence-corrected chi connectivity index (χ2v) is 3.62. The average molecular weight is 199 g/mol. The van der Waals surface area contributed by atoms with Crippen LogP contribution >= 0.6 is 0 Å². The first-order chi connectivity index (χ1) is 6.63. The van der Waals surface area contributed by atoms with Crippen LogP contribution in [0.4, 0.5) is 0 Å². The predicted octanol–water partition coefficient (Wildman–Crippen LogP) is -1.06. The average Bonchev–Trinajstić information content (AvgIpc) is 2.88. The van der Waals surface area contributed by atoms with Gasteiger partial charge in [-0.2, -0.15) is 0 Å². The quantitative estimate of drug-likeness (QED) is 0.593. The molecule has 0 atom stereocenters. The minimum Gasteiger partial charge on any atom is -0.352 e. The van der Waals surface area contributed by atoms with Crippen LogP contribution in [0.2, 0.25) is 0 Å². The number of hydrogen-bond donors (Lipinski definition) is 2. The maximum atomic E-state index is 11.3. The number of hydrogen-bond acceptors (Lipinski definition) is 3. The molecule has 2 amide bonds. The maximum absolute atomic E-state index is 11.3. The summed E-state index contributed by atoms with van der Waals surface area (Å²) in [6, 6.07) is 0.357. The van der Waals surface area contributed by atoms with Crippen LogP contribution in [0.5, 0.6) is 0 Å². The molecule has 0 bridgehead atoms. The second kappa shape index (κ2) is 4.95. The Labute approximate surface area is 83.8 Å². The van der Waals surface area contributed by atoms with Crippen molar-refractivity contribution in [2.24, 2.45) is 0 Å². The first kappa shape index (κ1) is 11.0. The summed E-state index contributed by atoms with van der Waals surface area (Å²) in [5.41, 5.74) is 0. The van der Waals surface area contributed by atoms with Gasteiger partial charge in [-0.05, 0) is 19.9 Å². The molecule has 80 valence electrons. The van der Waals surface area contributed by atoms with Gasteiger partial charge in [0.25, 0.3) is 0 Å². The third-order valence-corrected chi connectivity index (χ3v) is 2.08. The number of carbonyl (C=O) groups excluding carboxylic acids is 2. The van der Waals surface area contributed by atoms with Gasteiger partial charge in [-0.3, -0.25) is 9.59 Å². The first-order valence-electron chi connectivity index (χ1n) is 4.81. The molecule has 5 heteroatoms. The molecule has 0 saturated heterocycles. The van der Waals surface area contributed by atoms with Gasteiger partial charge >= 0.3 is 0 Å². The molecule has 0 aliphatic heterocycles. The Bertz CT molecular complexity index is 226. The van der Waals surface area contributed by atoms with Crippen LogP contribution in [0.25, 0.3) is 0 Å². The Hall–Kier alpha value is -1.10. The van der Waals surface area contributed by atoms with E-state index in [1.54, 1.807) is 14.1 Å². The first-order valence-corrected chi connectivity index (χ1v) is 4.81. The maximum Gasteiger partial charge on any atom is 0.239 e. The lowest BCUT2D eigenvalue weighted by molar-refractivity contribution is -0.134. The van der Waals surface area contributed by atoms with Crippen LogP contribution in [0.3, 0.4) is 0 Å². The van der Waals surface area contributed by atoms with E-state index in [1.807, 2.05) is 0 Å². The summed E-state index contributed by atoms with van der Waals surface area (Å²) in [5.74, 6) is -0.141. The molecule has 2 N–H and O–H groups in total. The van der Waals surface area contributed by atoms with Crippen molar-refractivity contribution in [2.75, 3.05) is 27.2 Å². The highest BCUT2D eigenvalue weighted by atomic mass is 16.2. The summed E-state index contributed by atoms with van der Waals surface area (Å²) in [4.78, 5) is 24.0. The van der Waals surface area contributed by atoms with E-state index in [-0.39, 0.29) is 24.9 Å². The summed E-state index contributed by atoms with van der Waals surface area (Å²) in [7, 11) is 3.34. The number of likely N-dealkylation sites (N-methyl/N-ethyl adjacent to an activating group) is 2. The van der Waals surface area contributed by atoms with Crippen molar-refractivity contribution >= 4 is 11.8 Å². The summed E-state index contributed by atoms with van der Waals surface area (Å²) in [6.07, 6.45) is 2.14. The molecule has 0 aromatic carbocycles. The molecular weight excluding hydrogens is 182 g/mol. The molecule has 0 heterocycles.